The molecule has 0 aliphatic carbocycles. The van der Waals surface area contributed by atoms with Crippen LogP contribution in [0.3, 0.4) is 0 Å². The normalized spacial score (nSPS) is 12.5. The lowest BCUT2D eigenvalue weighted by Gasteiger charge is -2.05. The molecule has 0 amide bonds. The largest absolute Gasteiger partial charge is 0.484 e. The number of nitrogens with one attached hydrogen (secondary N) is 1. The molecule has 1 heterocycles. The predicted molar refractivity (Wildman–Crippen MR) is 84.8 cm³/mol. The van der Waals surface area contributed by atoms with Crippen LogP contribution in [-0.4, -0.2) is 23.2 Å². The zero-order valence-corrected chi connectivity index (χ0v) is 12.7. The number of benzene rings is 2. The summed E-state index contributed by atoms with van der Waals surface area (Å²) in [6.07, 6.45) is 0.732. The maximum Gasteiger partial charge on any atom is 0.264 e. The lowest BCUT2D eigenvalue weighted by molar-refractivity contribution is 0.242. The van der Waals surface area contributed by atoms with Crippen LogP contribution in [0.15, 0.2) is 47.0 Å². The van der Waals surface area contributed by atoms with Crippen LogP contribution in [0.4, 0.5) is 0 Å². The highest BCUT2D eigenvalue weighted by Gasteiger charge is 2.10. The van der Waals surface area contributed by atoms with Crippen LogP contribution in [0, 0.1) is 0 Å². The van der Waals surface area contributed by atoms with Crippen molar-refractivity contribution in [3.05, 3.63) is 54.2 Å². The molecule has 5 heteroatoms. The third-order valence-electron chi connectivity index (χ3n) is 3.57. The van der Waals surface area contributed by atoms with Gasteiger partial charge in [-0.05, 0) is 36.9 Å². The van der Waals surface area contributed by atoms with Crippen molar-refractivity contribution in [2.75, 3.05) is 7.05 Å². The molecule has 0 saturated carbocycles. The van der Waals surface area contributed by atoms with Crippen LogP contribution in [0.1, 0.15) is 18.6 Å². The van der Waals surface area contributed by atoms with E-state index in [-0.39, 0.29) is 6.61 Å². The first-order chi connectivity index (χ1) is 10.7. The fraction of sp³-hybridized carbons (Fsp3) is 0.294. The number of aromatic nitrogens is 2. The van der Waals surface area contributed by atoms with Crippen molar-refractivity contribution in [3.8, 4) is 5.75 Å². The Morgan fingerprint density at radius 2 is 2.00 bits per heavy atom. The zero-order chi connectivity index (χ0) is 15.4. The Morgan fingerprint density at radius 3 is 2.82 bits per heavy atom. The molecule has 22 heavy (non-hydrogen) atoms. The Morgan fingerprint density at radius 1 is 1.18 bits per heavy atom. The molecule has 2 aromatic carbocycles. The first kappa shape index (κ1) is 14.5. The van der Waals surface area contributed by atoms with Gasteiger partial charge < -0.3 is 14.6 Å². The molecule has 0 radical (unpaired) electrons. The summed E-state index contributed by atoms with van der Waals surface area (Å²) in [5.41, 5.74) is 0. The lowest BCUT2D eigenvalue weighted by Crippen LogP contribution is -2.24. The minimum Gasteiger partial charge on any atom is -0.484 e. The van der Waals surface area contributed by atoms with Crippen LogP contribution in [0.5, 0.6) is 5.75 Å². The average molecular weight is 297 g/mol. The number of fused-ring (bicyclic) bond motifs is 1. The number of hydrogen-bond acceptors (Lipinski definition) is 5. The highest BCUT2D eigenvalue weighted by Crippen LogP contribution is 2.21. The monoisotopic (exact) mass is 297 g/mol. The van der Waals surface area contributed by atoms with E-state index in [0.717, 1.165) is 17.6 Å². The number of hydrogen-bond donors (Lipinski definition) is 1. The number of nitrogens with zero attached hydrogens (tertiary/aromatic N) is 2. The maximum atomic E-state index is 5.73. The summed E-state index contributed by atoms with van der Waals surface area (Å²) in [5, 5.41) is 9.44. The maximum absolute atomic E-state index is 5.73. The van der Waals surface area contributed by atoms with Gasteiger partial charge in [-0.15, -0.1) is 0 Å². The Kier molecular flexibility index (Phi) is 4.34. The molecule has 0 fully saturated rings. The molecule has 1 N–H and O–H groups in total. The number of ether oxygens (including phenoxy) is 1. The topological polar surface area (TPSA) is 60.2 Å². The summed E-state index contributed by atoms with van der Waals surface area (Å²) in [6, 6.07) is 14.5. The van der Waals surface area contributed by atoms with E-state index in [2.05, 4.69) is 34.5 Å². The van der Waals surface area contributed by atoms with Crippen molar-refractivity contribution in [1.82, 2.24) is 15.5 Å². The molecule has 0 saturated heterocycles. The van der Waals surface area contributed by atoms with Crippen LogP contribution in [0.2, 0.25) is 0 Å². The van der Waals surface area contributed by atoms with Crippen LogP contribution in [-0.2, 0) is 13.0 Å². The summed E-state index contributed by atoms with van der Waals surface area (Å²) in [7, 11) is 1.91. The van der Waals surface area contributed by atoms with E-state index < -0.39 is 0 Å². The van der Waals surface area contributed by atoms with E-state index in [1.54, 1.807) is 0 Å². The molecule has 0 aliphatic rings. The van der Waals surface area contributed by atoms with Gasteiger partial charge in [-0.3, -0.25) is 0 Å². The molecule has 3 aromatic rings. The van der Waals surface area contributed by atoms with Crippen LogP contribution >= 0.6 is 0 Å². The van der Waals surface area contributed by atoms with Crippen molar-refractivity contribution in [2.24, 2.45) is 0 Å². The second-order valence-electron chi connectivity index (χ2n) is 5.30. The molecule has 0 aliphatic heterocycles. The molecule has 0 spiro atoms. The van der Waals surface area contributed by atoms with Gasteiger partial charge in [-0.2, -0.15) is 4.98 Å². The van der Waals surface area contributed by atoms with Gasteiger partial charge in [0.2, 0.25) is 0 Å². The molecular weight excluding hydrogens is 278 g/mol. The van der Waals surface area contributed by atoms with Crippen molar-refractivity contribution >= 4 is 10.8 Å². The summed E-state index contributed by atoms with van der Waals surface area (Å²) in [5.74, 6) is 1.98. The van der Waals surface area contributed by atoms with Gasteiger partial charge in [0.1, 0.15) is 5.75 Å². The first-order valence-electron chi connectivity index (χ1n) is 7.35. The quantitative estimate of drug-likeness (QED) is 0.758. The molecule has 1 aromatic heterocycles. The van der Waals surface area contributed by atoms with Gasteiger partial charge in [0, 0.05) is 12.5 Å². The van der Waals surface area contributed by atoms with Crippen molar-refractivity contribution in [3.63, 3.8) is 0 Å². The Hall–Kier alpha value is -2.40. The predicted octanol–water partition coefficient (Wildman–Crippen LogP) is 2.95. The Balaban J connectivity index is 1.63. The van der Waals surface area contributed by atoms with Gasteiger partial charge in [0.25, 0.3) is 5.89 Å². The van der Waals surface area contributed by atoms with E-state index in [9.17, 15) is 0 Å². The highest BCUT2D eigenvalue weighted by atomic mass is 16.5. The molecular formula is C17H19N3O2. The molecule has 5 nitrogen and oxygen atoms in total. The van der Waals surface area contributed by atoms with Crippen molar-refractivity contribution in [2.45, 2.75) is 26.0 Å². The molecule has 1 atom stereocenters. The third kappa shape index (κ3) is 3.43. The van der Waals surface area contributed by atoms with E-state index in [0.29, 0.717) is 17.8 Å². The standard InChI is InChI=1S/C17H19N3O2/c1-12(18-2)9-16-19-17(22-20-16)11-21-15-8-7-13-5-3-4-6-14(13)10-15/h3-8,10,12,18H,9,11H2,1-2H3. The minimum atomic E-state index is 0.277. The van der Waals surface area contributed by atoms with Crippen molar-refractivity contribution in [1.29, 1.82) is 0 Å². The highest BCUT2D eigenvalue weighted by molar-refractivity contribution is 5.83. The summed E-state index contributed by atoms with van der Waals surface area (Å²) in [4.78, 5) is 4.33. The van der Waals surface area contributed by atoms with Crippen LogP contribution < -0.4 is 10.1 Å². The lowest BCUT2D eigenvalue weighted by atomic mass is 10.1. The third-order valence-corrected chi connectivity index (χ3v) is 3.57. The molecule has 1 unspecified atom stereocenters. The average Bonchev–Trinajstić information content (AvgIpc) is 3.00. The van der Waals surface area contributed by atoms with E-state index in [1.165, 1.54) is 5.39 Å². The SMILES string of the molecule is CNC(C)Cc1noc(COc2ccc3ccccc3c2)n1. The zero-order valence-electron chi connectivity index (χ0n) is 12.7. The van der Waals surface area contributed by atoms with E-state index >= 15 is 0 Å². The Bertz CT molecular complexity index is 754. The second-order valence-corrected chi connectivity index (χ2v) is 5.30. The Labute approximate surface area is 129 Å². The molecule has 3 rings (SSSR count). The van der Waals surface area contributed by atoms with Gasteiger partial charge in [0.05, 0.1) is 0 Å². The summed E-state index contributed by atoms with van der Waals surface area (Å²) >= 11 is 0. The van der Waals surface area contributed by atoms with Crippen molar-refractivity contribution < 1.29 is 9.26 Å². The number of rotatable bonds is 6. The number of likely N-dealkylation sites (N-methyl/N-ethyl adjacent to an activating group) is 1. The molecule has 114 valence electrons. The van der Waals surface area contributed by atoms with E-state index in [1.807, 2.05) is 37.4 Å². The smallest absolute Gasteiger partial charge is 0.264 e. The van der Waals surface area contributed by atoms with Gasteiger partial charge in [-0.25, -0.2) is 0 Å². The molecule has 0 bridgehead atoms. The summed E-state index contributed by atoms with van der Waals surface area (Å²) in [6.45, 7) is 2.35. The van der Waals surface area contributed by atoms with Gasteiger partial charge in [-0.1, -0.05) is 35.5 Å². The minimum absolute atomic E-state index is 0.277. The fourth-order valence-corrected chi connectivity index (χ4v) is 2.21. The van der Waals surface area contributed by atoms with E-state index in [4.69, 9.17) is 9.26 Å². The fourth-order valence-electron chi connectivity index (χ4n) is 2.21. The van der Waals surface area contributed by atoms with Gasteiger partial charge in [0.15, 0.2) is 12.4 Å². The van der Waals surface area contributed by atoms with Crippen LogP contribution in [0.25, 0.3) is 10.8 Å². The van der Waals surface area contributed by atoms with Gasteiger partial charge >= 0.3 is 0 Å². The summed E-state index contributed by atoms with van der Waals surface area (Å²) < 4.78 is 10.9. The second kappa shape index (κ2) is 6.58. The first-order valence-corrected chi connectivity index (χ1v) is 7.35.